The summed E-state index contributed by atoms with van der Waals surface area (Å²) in [6.45, 7) is 2.06. The van der Waals surface area contributed by atoms with Crippen LogP contribution in [-0.2, 0) is 9.53 Å². The number of thioether (sulfide) groups is 1. The smallest absolute Gasteiger partial charge is 0.338 e. The third-order valence-electron chi connectivity index (χ3n) is 4.27. The Morgan fingerprint density at radius 3 is 2.55 bits per heavy atom. The van der Waals surface area contributed by atoms with Gasteiger partial charge >= 0.3 is 5.97 Å². The number of esters is 1. The van der Waals surface area contributed by atoms with Gasteiger partial charge < -0.3 is 19.5 Å². The second-order valence-corrected chi connectivity index (χ2v) is 7.19. The molecule has 31 heavy (non-hydrogen) atoms. The molecule has 3 rings (SSSR count). The lowest BCUT2D eigenvalue weighted by molar-refractivity contribution is -0.113. The molecule has 1 amide bonds. The van der Waals surface area contributed by atoms with Crippen molar-refractivity contribution in [3.63, 3.8) is 0 Å². The minimum atomic E-state index is -0.392. The molecule has 0 unspecified atom stereocenters. The van der Waals surface area contributed by atoms with Crippen molar-refractivity contribution in [3.8, 4) is 17.2 Å². The molecule has 2 aromatic carbocycles. The number of carbonyl (C=O) groups excluding carboxylic acids is 2. The van der Waals surface area contributed by atoms with Gasteiger partial charge in [-0.1, -0.05) is 11.8 Å². The highest BCUT2D eigenvalue weighted by atomic mass is 32.2. The van der Waals surface area contributed by atoms with E-state index in [9.17, 15) is 9.59 Å². The Morgan fingerprint density at radius 1 is 1.10 bits per heavy atom. The maximum atomic E-state index is 12.4. The monoisotopic (exact) mass is 441 g/mol. The summed E-state index contributed by atoms with van der Waals surface area (Å²) < 4.78 is 17.5. The quantitative estimate of drug-likeness (QED) is 0.399. The minimum absolute atomic E-state index is 0.162. The first kappa shape index (κ1) is 22.2. The van der Waals surface area contributed by atoms with Crippen molar-refractivity contribution in [2.45, 2.75) is 12.1 Å². The highest BCUT2D eigenvalue weighted by Crippen LogP contribution is 2.30. The third-order valence-corrected chi connectivity index (χ3v) is 5.23. The van der Waals surface area contributed by atoms with E-state index in [0.717, 1.165) is 5.69 Å². The van der Waals surface area contributed by atoms with Crippen LogP contribution in [0.2, 0.25) is 0 Å². The molecule has 0 saturated heterocycles. The number of benzene rings is 2. The Hall–Kier alpha value is -3.46. The number of carbonyl (C=O) groups is 2. The predicted octanol–water partition coefficient (Wildman–Crippen LogP) is 3.80. The molecule has 9 heteroatoms. The second kappa shape index (κ2) is 10.5. The van der Waals surface area contributed by atoms with Gasteiger partial charge in [-0.3, -0.25) is 9.36 Å². The van der Waals surface area contributed by atoms with Crippen LogP contribution in [-0.4, -0.2) is 48.0 Å². The van der Waals surface area contributed by atoms with Crippen LogP contribution in [0.3, 0.4) is 0 Å². The lowest BCUT2D eigenvalue weighted by Crippen LogP contribution is -2.14. The van der Waals surface area contributed by atoms with Crippen LogP contribution in [0.4, 0.5) is 5.69 Å². The molecule has 0 fully saturated rings. The third kappa shape index (κ3) is 5.58. The van der Waals surface area contributed by atoms with Gasteiger partial charge in [-0.15, -0.1) is 0 Å². The summed E-state index contributed by atoms with van der Waals surface area (Å²) in [6.07, 6.45) is 3.47. The molecular formula is C22H23N3O5S. The first-order valence-electron chi connectivity index (χ1n) is 9.51. The lowest BCUT2D eigenvalue weighted by Gasteiger charge is -2.13. The molecule has 1 aromatic heterocycles. The molecule has 1 N–H and O–H groups in total. The normalized spacial score (nSPS) is 10.4. The maximum absolute atomic E-state index is 12.4. The summed E-state index contributed by atoms with van der Waals surface area (Å²) in [7, 11) is 3.18. The molecule has 3 aromatic rings. The van der Waals surface area contributed by atoms with Gasteiger partial charge in [0.15, 0.2) is 5.16 Å². The standard InChI is InChI=1S/C22H23N3O5S/c1-4-30-21(27)15-5-7-16(8-6-15)24-20(26)14-31-22-23-11-12-25(22)18-10-9-17(28-2)13-19(18)29-3/h5-13H,4,14H2,1-3H3,(H,24,26). The number of imidazole rings is 1. The molecule has 8 nitrogen and oxygen atoms in total. The molecule has 0 spiro atoms. The van der Waals surface area contributed by atoms with Crippen molar-refractivity contribution in [2.75, 3.05) is 31.9 Å². The SMILES string of the molecule is CCOC(=O)c1ccc(NC(=O)CSc2nccn2-c2ccc(OC)cc2OC)cc1. The van der Waals surface area contributed by atoms with Gasteiger partial charge in [-0.05, 0) is 43.3 Å². The second-order valence-electron chi connectivity index (χ2n) is 6.25. The average Bonchev–Trinajstić information content (AvgIpc) is 3.26. The molecule has 0 aliphatic rings. The molecule has 1 heterocycles. The summed E-state index contributed by atoms with van der Waals surface area (Å²) >= 11 is 1.30. The summed E-state index contributed by atoms with van der Waals surface area (Å²) in [5.41, 5.74) is 1.82. The number of aromatic nitrogens is 2. The summed E-state index contributed by atoms with van der Waals surface area (Å²) in [4.78, 5) is 28.4. The number of hydrogen-bond acceptors (Lipinski definition) is 7. The van der Waals surface area contributed by atoms with E-state index in [-0.39, 0.29) is 11.7 Å². The highest BCUT2D eigenvalue weighted by molar-refractivity contribution is 7.99. The Labute approximate surface area is 184 Å². The zero-order valence-corrected chi connectivity index (χ0v) is 18.3. The lowest BCUT2D eigenvalue weighted by atomic mass is 10.2. The van der Waals surface area contributed by atoms with E-state index < -0.39 is 5.97 Å². The van der Waals surface area contributed by atoms with Gasteiger partial charge in [-0.2, -0.15) is 0 Å². The number of methoxy groups -OCH3 is 2. The average molecular weight is 442 g/mol. The summed E-state index contributed by atoms with van der Waals surface area (Å²) in [6, 6.07) is 12.0. The van der Waals surface area contributed by atoms with E-state index >= 15 is 0 Å². The van der Waals surface area contributed by atoms with Crippen LogP contribution >= 0.6 is 11.8 Å². The molecule has 0 aliphatic carbocycles. The summed E-state index contributed by atoms with van der Waals surface area (Å²) in [5, 5.41) is 3.46. The number of anilines is 1. The van der Waals surface area contributed by atoms with Gasteiger partial charge in [0.05, 0.1) is 37.8 Å². The van der Waals surface area contributed by atoms with Gasteiger partial charge in [0.25, 0.3) is 0 Å². The van der Waals surface area contributed by atoms with Crippen molar-refractivity contribution >= 4 is 29.3 Å². The summed E-state index contributed by atoms with van der Waals surface area (Å²) in [5.74, 6) is 0.894. The zero-order chi connectivity index (χ0) is 22.2. The molecular weight excluding hydrogens is 418 g/mol. The van der Waals surface area contributed by atoms with E-state index in [1.807, 2.05) is 16.7 Å². The zero-order valence-electron chi connectivity index (χ0n) is 17.5. The highest BCUT2D eigenvalue weighted by Gasteiger charge is 2.14. The fourth-order valence-electron chi connectivity index (χ4n) is 2.80. The van der Waals surface area contributed by atoms with Crippen molar-refractivity contribution in [2.24, 2.45) is 0 Å². The van der Waals surface area contributed by atoms with Crippen molar-refractivity contribution in [1.82, 2.24) is 9.55 Å². The first-order valence-corrected chi connectivity index (χ1v) is 10.5. The van der Waals surface area contributed by atoms with Crippen molar-refractivity contribution in [1.29, 1.82) is 0 Å². The first-order chi connectivity index (χ1) is 15.0. The topological polar surface area (TPSA) is 91.7 Å². The fraction of sp³-hybridized carbons (Fsp3) is 0.227. The molecule has 0 aliphatic heterocycles. The van der Waals surface area contributed by atoms with Crippen molar-refractivity contribution in [3.05, 3.63) is 60.4 Å². The number of amides is 1. The molecule has 0 atom stereocenters. The molecule has 0 radical (unpaired) electrons. The van der Waals surface area contributed by atoms with Gasteiger partial charge in [-0.25, -0.2) is 9.78 Å². The van der Waals surface area contributed by atoms with Crippen molar-refractivity contribution < 1.29 is 23.8 Å². The molecule has 0 bridgehead atoms. The van der Waals surface area contributed by atoms with E-state index in [0.29, 0.717) is 34.5 Å². The Balaban J connectivity index is 1.63. The minimum Gasteiger partial charge on any atom is -0.497 e. The van der Waals surface area contributed by atoms with Crippen LogP contribution in [0.15, 0.2) is 60.0 Å². The van der Waals surface area contributed by atoms with E-state index in [2.05, 4.69) is 10.3 Å². The van der Waals surface area contributed by atoms with Gasteiger partial charge in [0.2, 0.25) is 5.91 Å². The number of nitrogens with one attached hydrogen (secondary N) is 1. The van der Waals surface area contributed by atoms with Crippen LogP contribution in [0.5, 0.6) is 11.5 Å². The van der Waals surface area contributed by atoms with Crippen LogP contribution in [0, 0.1) is 0 Å². The van der Waals surface area contributed by atoms with E-state index in [4.69, 9.17) is 14.2 Å². The largest absolute Gasteiger partial charge is 0.497 e. The number of rotatable bonds is 9. The van der Waals surface area contributed by atoms with E-state index in [1.165, 1.54) is 11.8 Å². The van der Waals surface area contributed by atoms with Crippen LogP contribution in [0.25, 0.3) is 5.69 Å². The number of ether oxygens (including phenoxy) is 3. The Bertz CT molecular complexity index is 1050. The van der Waals surface area contributed by atoms with E-state index in [1.54, 1.807) is 63.9 Å². The predicted molar refractivity (Wildman–Crippen MR) is 118 cm³/mol. The Morgan fingerprint density at radius 2 is 1.87 bits per heavy atom. The Kier molecular flexibility index (Phi) is 7.55. The number of nitrogens with zero attached hydrogens (tertiary/aromatic N) is 2. The van der Waals surface area contributed by atoms with Gasteiger partial charge in [0.1, 0.15) is 11.5 Å². The fourth-order valence-corrected chi connectivity index (χ4v) is 3.56. The number of hydrogen-bond donors (Lipinski definition) is 1. The maximum Gasteiger partial charge on any atom is 0.338 e. The van der Waals surface area contributed by atoms with Gasteiger partial charge in [0, 0.05) is 24.1 Å². The molecule has 0 saturated carbocycles. The van der Waals surface area contributed by atoms with Crippen LogP contribution in [0.1, 0.15) is 17.3 Å². The molecule has 162 valence electrons. The van der Waals surface area contributed by atoms with Crippen LogP contribution < -0.4 is 14.8 Å².